The van der Waals surface area contributed by atoms with Gasteiger partial charge in [-0.25, -0.2) is 0 Å². The lowest BCUT2D eigenvalue weighted by Crippen LogP contribution is -2.10. The minimum atomic E-state index is 0.124. The predicted molar refractivity (Wildman–Crippen MR) is 72.1 cm³/mol. The van der Waals surface area contributed by atoms with Crippen molar-refractivity contribution in [2.24, 2.45) is 11.8 Å². The lowest BCUT2D eigenvalue weighted by molar-refractivity contribution is 0.0894. The summed E-state index contributed by atoms with van der Waals surface area (Å²) < 4.78 is 5.63. The van der Waals surface area contributed by atoms with Gasteiger partial charge in [-0.3, -0.25) is 4.79 Å². The third-order valence-corrected chi connectivity index (χ3v) is 4.10. The molecule has 94 valence electrons. The van der Waals surface area contributed by atoms with Crippen molar-refractivity contribution >= 4 is 28.4 Å². The second-order valence-corrected chi connectivity index (χ2v) is 5.66. The summed E-state index contributed by atoms with van der Waals surface area (Å²) in [4.78, 5) is 12.3. The maximum Gasteiger partial charge on any atom is 0.201 e. The highest BCUT2D eigenvalue weighted by atomic mass is 35.5. The van der Waals surface area contributed by atoms with Crippen LogP contribution in [0, 0.1) is 11.8 Å². The van der Waals surface area contributed by atoms with Crippen molar-refractivity contribution < 1.29 is 9.21 Å². The van der Waals surface area contributed by atoms with E-state index in [2.05, 4.69) is 6.92 Å². The minimum Gasteiger partial charge on any atom is -0.451 e. The molecule has 3 rings (SSSR count). The van der Waals surface area contributed by atoms with Crippen molar-refractivity contribution in [1.82, 2.24) is 0 Å². The average molecular weight is 263 g/mol. The number of hydrogen-bond donors (Lipinski definition) is 0. The lowest BCUT2D eigenvalue weighted by Gasteiger charge is -2.05. The standard InChI is InChI=1S/C15H15ClO2/c1-9-5-6-10(7-9)14(17)13-8-11-3-2-4-12(16)15(11)18-13/h2-4,8-10H,5-7H2,1H3. The van der Waals surface area contributed by atoms with Gasteiger partial charge in [-0.15, -0.1) is 0 Å². The van der Waals surface area contributed by atoms with Crippen LogP contribution in [0.1, 0.15) is 36.7 Å². The highest BCUT2D eigenvalue weighted by Crippen LogP contribution is 2.34. The topological polar surface area (TPSA) is 30.2 Å². The number of halogens is 1. The second-order valence-electron chi connectivity index (χ2n) is 5.25. The van der Waals surface area contributed by atoms with Crippen molar-refractivity contribution in [3.8, 4) is 0 Å². The molecule has 1 saturated carbocycles. The van der Waals surface area contributed by atoms with Gasteiger partial charge in [-0.2, -0.15) is 0 Å². The molecule has 0 bridgehead atoms. The van der Waals surface area contributed by atoms with Crippen LogP contribution in [0.4, 0.5) is 0 Å². The van der Waals surface area contributed by atoms with Gasteiger partial charge in [0.2, 0.25) is 5.78 Å². The smallest absolute Gasteiger partial charge is 0.201 e. The fraction of sp³-hybridized carbons (Fsp3) is 0.400. The van der Waals surface area contributed by atoms with Crippen LogP contribution < -0.4 is 0 Å². The molecule has 18 heavy (non-hydrogen) atoms. The number of Topliss-reactive ketones (excluding diaryl/α,β-unsaturated/α-hetero) is 1. The highest BCUT2D eigenvalue weighted by molar-refractivity contribution is 6.34. The summed E-state index contributed by atoms with van der Waals surface area (Å²) in [6.45, 7) is 2.20. The van der Waals surface area contributed by atoms with Crippen LogP contribution in [0.2, 0.25) is 5.02 Å². The number of carbonyl (C=O) groups is 1. The van der Waals surface area contributed by atoms with Crippen LogP contribution >= 0.6 is 11.6 Å². The van der Waals surface area contributed by atoms with E-state index in [0.29, 0.717) is 22.3 Å². The summed E-state index contributed by atoms with van der Waals surface area (Å²) in [7, 11) is 0. The molecule has 1 aliphatic rings. The monoisotopic (exact) mass is 262 g/mol. The van der Waals surface area contributed by atoms with E-state index in [1.807, 2.05) is 18.2 Å². The predicted octanol–water partition coefficient (Wildman–Crippen LogP) is 4.71. The zero-order valence-corrected chi connectivity index (χ0v) is 11.0. The molecule has 0 saturated heterocycles. The van der Waals surface area contributed by atoms with Gasteiger partial charge in [0.25, 0.3) is 0 Å². The minimum absolute atomic E-state index is 0.124. The number of rotatable bonds is 2. The fourth-order valence-corrected chi connectivity index (χ4v) is 3.02. The first-order valence-electron chi connectivity index (χ1n) is 6.37. The molecule has 0 aliphatic heterocycles. The van der Waals surface area contributed by atoms with Crippen molar-refractivity contribution in [3.63, 3.8) is 0 Å². The Morgan fingerprint density at radius 1 is 1.39 bits per heavy atom. The van der Waals surface area contributed by atoms with E-state index in [1.165, 1.54) is 0 Å². The van der Waals surface area contributed by atoms with Gasteiger partial charge in [0.05, 0.1) is 5.02 Å². The van der Waals surface area contributed by atoms with Gasteiger partial charge in [0, 0.05) is 11.3 Å². The molecule has 2 nitrogen and oxygen atoms in total. The van der Waals surface area contributed by atoms with Crippen LogP contribution in [-0.2, 0) is 0 Å². The van der Waals surface area contributed by atoms with E-state index < -0.39 is 0 Å². The highest BCUT2D eigenvalue weighted by Gasteiger charge is 2.30. The number of carbonyl (C=O) groups excluding carboxylic acids is 1. The zero-order chi connectivity index (χ0) is 12.7. The van der Waals surface area contributed by atoms with Gasteiger partial charge in [0.15, 0.2) is 11.3 Å². The molecule has 2 unspecified atom stereocenters. The number of para-hydroxylation sites is 1. The molecule has 1 aromatic carbocycles. The van der Waals surface area contributed by atoms with Gasteiger partial charge >= 0.3 is 0 Å². The van der Waals surface area contributed by atoms with Gasteiger partial charge in [-0.05, 0) is 37.3 Å². The molecule has 1 heterocycles. The summed E-state index contributed by atoms with van der Waals surface area (Å²) >= 11 is 6.05. The summed E-state index contributed by atoms with van der Waals surface area (Å²) in [5.74, 6) is 1.36. The average Bonchev–Trinajstić information content (AvgIpc) is 2.95. The lowest BCUT2D eigenvalue weighted by atomic mass is 9.99. The van der Waals surface area contributed by atoms with E-state index in [0.717, 1.165) is 24.6 Å². The Morgan fingerprint density at radius 2 is 2.22 bits per heavy atom. The molecule has 0 amide bonds. The SMILES string of the molecule is CC1CCC(C(=O)c2cc3cccc(Cl)c3o2)C1. The Labute approximate surface area is 111 Å². The summed E-state index contributed by atoms with van der Waals surface area (Å²) in [5, 5.41) is 1.46. The van der Waals surface area contributed by atoms with Crippen LogP contribution in [0.5, 0.6) is 0 Å². The van der Waals surface area contributed by atoms with Crippen LogP contribution in [0.25, 0.3) is 11.0 Å². The molecular weight excluding hydrogens is 248 g/mol. The molecule has 2 atom stereocenters. The Balaban J connectivity index is 1.95. The quantitative estimate of drug-likeness (QED) is 0.734. The second kappa shape index (κ2) is 4.43. The number of benzene rings is 1. The van der Waals surface area contributed by atoms with Gasteiger partial charge in [0.1, 0.15) is 0 Å². The molecule has 1 aliphatic carbocycles. The number of furan rings is 1. The molecule has 0 spiro atoms. The molecule has 3 heteroatoms. The van der Waals surface area contributed by atoms with Crippen molar-refractivity contribution in [3.05, 3.63) is 35.0 Å². The summed E-state index contributed by atoms with van der Waals surface area (Å²) in [5.41, 5.74) is 0.619. The third-order valence-electron chi connectivity index (χ3n) is 3.80. The Bertz CT molecular complexity index is 600. The molecule has 0 N–H and O–H groups in total. The van der Waals surface area contributed by atoms with E-state index in [-0.39, 0.29) is 11.7 Å². The molecule has 2 aromatic rings. The van der Waals surface area contributed by atoms with Crippen LogP contribution in [0.15, 0.2) is 28.7 Å². The first kappa shape index (κ1) is 11.8. The number of hydrogen-bond acceptors (Lipinski definition) is 2. The van der Waals surface area contributed by atoms with E-state index in [1.54, 1.807) is 6.07 Å². The first-order valence-corrected chi connectivity index (χ1v) is 6.75. The molecule has 0 radical (unpaired) electrons. The summed E-state index contributed by atoms with van der Waals surface area (Å²) in [6.07, 6.45) is 3.09. The fourth-order valence-electron chi connectivity index (χ4n) is 2.80. The van der Waals surface area contributed by atoms with E-state index in [4.69, 9.17) is 16.0 Å². The Morgan fingerprint density at radius 3 is 2.89 bits per heavy atom. The van der Waals surface area contributed by atoms with Crippen molar-refractivity contribution in [2.75, 3.05) is 0 Å². The van der Waals surface area contributed by atoms with E-state index >= 15 is 0 Å². The Hall–Kier alpha value is -1.28. The number of ketones is 1. The van der Waals surface area contributed by atoms with Gasteiger partial charge < -0.3 is 4.42 Å². The third kappa shape index (κ3) is 1.95. The molecular formula is C15H15ClO2. The van der Waals surface area contributed by atoms with Crippen molar-refractivity contribution in [1.29, 1.82) is 0 Å². The zero-order valence-electron chi connectivity index (χ0n) is 10.3. The van der Waals surface area contributed by atoms with Gasteiger partial charge in [-0.1, -0.05) is 30.7 Å². The maximum absolute atomic E-state index is 12.3. The van der Waals surface area contributed by atoms with Crippen LogP contribution in [0.3, 0.4) is 0 Å². The normalized spacial score (nSPS) is 23.7. The van der Waals surface area contributed by atoms with Crippen molar-refractivity contribution in [2.45, 2.75) is 26.2 Å². The van der Waals surface area contributed by atoms with Crippen LogP contribution in [-0.4, -0.2) is 5.78 Å². The van der Waals surface area contributed by atoms with E-state index in [9.17, 15) is 4.79 Å². The maximum atomic E-state index is 12.3. The molecule has 1 fully saturated rings. The number of fused-ring (bicyclic) bond motifs is 1. The Kier molecular flexibility index (Phi) is 2.90. The first-order chi connectivity index (χ1) is 8.65. The largest absolute Gasteiger partial charge is 0.451 e. The summed E-state index contributed by atoms with van der Waals surface area (Å²) in [6, 6.07) is 7.37. The molecule has 1 aromatic heterocycles.